The topological polar surface area (TPSA) is 73.8 Å². The van der Waals surface area contributed by atoms with Crippen molar-refractivity contribution in [1.29, 1.82) is 0 Å². The molecule has 0 N–H and O–H groups in total. The average Bonchev–Trinajstić information content (AvgIpc) is 2.67. The predicted molar refractivity (Wildman–Crippen MR) is 52.2 cm³/mol. The molecule has 0 bridgehead atoms. The van der Waals surface area contributed by atoms with E-state index >= 15 is 0 Å². The van der Waals surface area contributed by atoms with Gasteiger partial charge in [-0.25, -0.2) is 4.57 Å². The van der Waals surface area contributed by atoms with Gasteiger partial charge in [-0.3, -0.25) is 0 Å². The van der Waals surface area contributed by atoms with Crippen LogP contribution in [0.3, 0.4) is 0 Å². The van der Waals surface area contributed by atoms with Crippen molar-refractivity contribution in [2.45, 2.75) is 6.54 Å². The fourth-order valence-corrected chi connectivity index (χ4v) is 1.28. The molecule has 0 radical (unpaired) electrons. The SMILES string of the molecule is O=[N+]([O-])c1nncn1Cc1ccccc1. The lowest BCUT2D eigenvalue weighted by atomic mass is 10.2. The molecule has 6 nitrogen and oxygen atoms in total. The van der Waals surface area contributed by atoms with Gasteiger partial charge < -0.3 is 10.1 Å². The Bertz CT molecular complexity index is 466. The number of nitrogens with zero attached hydrogens (tertiary/aromatic N) is 4. The van der Waals surface area contributed by atoms with Crippen LogP contribution in [0.5, 0.6) is 0 Å². The Labute approximate surface area is 85.3 Å². The van der Waals surface area contributed by atoms with E-state index in [2.05, 4.69) is 10.2 Å². The summed E-state index contributed by atoms with van der Waals surface area (Å²) in [6, 6.07) is 9.44. The molecule has 1 aromatic heterocycles. The van der Waals surface area contributed by atoms with E-state index in [1.807, 2.05) is 30.3 Å². The minimum atomic E-state index is -0.546. The molecule has 0 aliphatic heterocycles. The van der Waals surface area contributed by atoms with Gasteiger partial charge in [0.25, 0.3) is 0 Å². The van der Waals surface area contributed by atoms with Crippen LogP contribution < -0.4 is 0 Å². The van der Waals surface area contributed by atoms with Gasteiger partial charge in [0.2, 0.25) is 0 Å². The van der Waals surface area contributed by atoms with Gasteiger partial charge in [-0.1, -0.05) is 30.3 Å². The third kappa shape index (κ3) is 1.98. The Balaban J connectivity index is 2.25. The Kier molecular flexibility index (Phi) is 2.40. The van der Waals surface area contributed by atoms with E-state index in [1.165, 1.54) is 10.9 Å². The van der Waals surface area contributed by atoms with Gasteiger partial charge in [-0.2, -0.15) is 0 Å². The van der Waals surface area contributed by atoms with Crippen molar-refractivity contribution < 1.29 is 4.92 Å². The predicted octanol–water partition coefficient (Wildman–Crippen LogP) is 1.23. The van der Waals surface area contributed by atoms with Crippen LogP contribution in [-0.2, 0) is 6.54 Å². The van der Waals surface area contributed by atoms with Crippen LogP contribution in [0.4, 0.5) is 5.95 Å². The molecular weight excluding hydrogens is 196 g/mol. The summed E-state index contributed by atoms with van der Waals surface area (Å²) in [5, 5.41) is 17.5. The Morgan fingerprint density at radius 1 is 1.33 bits per heavy atom. The number of aromatic nitrogens is 3. The van der Waals surface area contributed by atoms with Crippen molar-refractivity contribution in [2.24, 2.45) is 0 Å². The molecule has 6 heteroatoms. The molecular formula is C9H8N4O2. The zero-order chi connectivity index (χ0) is 10.7. The molecule has 1 aromatic carbocycles. The van der Waals surface area contributed by atoms with E-state index in [0.717, 1.165) is 5.56 Å². The Morgan fingerprint density at radius 3 is 2.73 bits per heavy atom. The van der Waals surface area contributed by atoms with Crippen molar-refractivity contribution in [1.82, 2.24) is 14.8 Å². The van der Waals surface area contributed by atoms with Crippen LogP contribution in [0, 0.1) is 10.1 Å². The molecule has 0 fully saturated rings. The van der Waals surface area contributed by atoms with Crippen molar-refractivity contribution in [2.75, 3.05) is 0 Å². The summed E-state index contributed by atoms with van der Waals surface area (Å²) < 4.78 is 1.40. The molecule has 0 unspecified atom stereocenters. The lowest BCUT2D eigenvalue weighted by Crippen LogP contribution is -2.03. The lowest BCUT2D eigenvalue weighted by molar-refractivity contribution is -0.396. The van der Waals surface area contributed by atoms with Gasteiger partial charge in [0.15, 0.2) is 6.33 Å². The van der Waals surface area contributed by atoms with E-state index in [-0.39, 0.29) is 5.95 Å². The molecule has 0 amide bonds. The Morgan fingerprint density at radius 2 is 2.07 bits per heavy atom. The molecule has 0 saturated heterocycles. The summed E-state index contributed by atoms with van der Waals surface area (Å²) in [4.78, 5) is 10.0. The molecule has 15 heavy (non-hydrogen) atoms. The summed E-state index contributed by atoms with van der Waals surface area (Å²) >= 11 is 0. The van der Waals surface area contributed by atoms with Crippen molar-refractivity contribution in [3.8, 4) is 0 Å². The molecule has 0 aliphatic rings. The second-order valence-electron chi connectivity index (χ2n) is 3.00. The molecule has 0 atom stereocenters. The highest BCUT2D eigenvalue weighted by molar-refractivity contribution is 5.17. The molecule has 0 spiro atoms. The van der Waals surface area contributed by atoms with Gasteiger partial charge >= 0.3 is 5.95 Å². The summed E-state index contributed by atoms with van der Waals surface area (Å²) in [6.07, 6.45) is 1.35. The second kappa shape index (κ2) is 3.87. The molecule has 0 aliphatic carbocycles. The first kappa shape index (κ1) is 9.32. The number of hydrogen-bond donors (Lipinski definition) is 0. The van der Waals surface area contributed by atoms with Crippen LogP contribution in [0.2, 0.25) is 0 Å². The second-order valence-corrected chi connectivity index (χ2v) is 3.00. The summed E-state index contributed by atoms with van der Waals surface area (Å²) in [5.74, 6) is -0.237. The monoisotopic (exact) mass is 204 g/mol. The largest absolute Gasteiger partial charge is 0.458 e. The smallest absolute Gasteiger partial charge is 0.390 e. The highest BCUT2D eigenvalue weighted by Gasteiger charge is 2.15. The van der Waals surface area contributed by atoms with Crippen molar-refractivity contribution in [3.05, 3.63) is 52.3 Å². The van der Waals surface area contributed by atoms with Crippen LogP contribution >= 0.6 is 0 Å². The molecule has 2 rings (SSSR count). The average molecular weight is 204 g/mol. The minimum absolute atomic E-state index is 0.237. The van der Waals surface area contributed by atoms with Gasteiger partial charge in [-0.15, -0.1) is 0 Å². The summed E-state index contributed by atoms with van der Waals surface area (Å²) in [7, 11) is 0. The van der Waals surface area contributed by atoms with Crippen LogP contribution in [0.1, 0.15) is 5.56 Å². The van der Waals surface area contributed by atoms with Gasteiger partial charge in [-0.05, 0) is 15.6 Å². The van der Waals surface area contributed by atoms with E-state index in [1.54, 1.807) is 0 Å². The number of rotatable bonds is 3. The number of hydrogen-bond acceptors (Lipinski definition) is 4. The first-order chi connectivity index (χ1) is 7.27. The minimum Gasteiger partial charge on any atom is -0.390 e. The van der Waals surface area contributed by atoms with E-state index in [4.69, 9.17) is 0 Å². The maximum Gasteiger partial charge on any atom is 0.458 e. The zero-order valence-corrected chi connectivity index (χ0v) is 7.78. The number of benzene rings is 1. The molecule has 76 valence electrons. The van der Waals surface area contributed by atoms with Crippen molar-refractivity contribution in [3.63, 3.8) is 0 Å². The molecule has 1 heterocycles. The van der Waals surface area contributed by atoms with Crippen LogP contribution in [0.25, 0.3) is 0 Å². The lowest BCUT2D eigenvalue weighted by Gasteiger charge is -1.99. The van der Waals surface area contributed by atoms with Gasteiger partial charge in [0, 0.05) is 0 Å². The third-order valence-corrected chi connectivity index (χ3v) is 1.95. The fourth-order valence-electron chi connectivity index (χ4n) is 1.28. The normalized spacial score (nSPS) is 10.1. The first-order valence-electron chi connectivity index (χ1n) is 4.33. The quantitative estimate of drug-likeness (QED) is 0.556. The van der Waals surface area contributed by atoms with E-state index in [0.29, 0.717) is 6.54 Å². The van der Waals surface area contributed by atoms with E-state index < -0.39 is 4.92 Å². The highest BCUT2D eigenvalue weighted by Crippen LogP contribution is 2.09. The maximum atomic E-state index is 10.6. The molecule has 0 saturated carbocycles. The van der Waals surface area contributed by atoms with Gasteiger partial charge in [0.05, 0.1) is 11.6 Å². The fraction of sp³-hybridized carbons (Fsp3) is 0.111. The molecule has 2 aromatic rings. The van der Waals surface area contributed by atoms with Gasteiger partial charge in [0.1, 0.15) is 0 Å². The summed E-state index contributed by atoms with van der Waals surface area (Å²) in [5.41, 5.74) is 0.973. The standard InChI is InChI=1S/C9H8N4O2/c14-13(15)9-11-10-7-12(9)6-8-4-2-1-3-5-8/h1-5,7H,6H2. The maximum absolute atomic E-state index is 10.6. The summed E-state index contributed by atoms with van der Waals surface area (Å²) in [6.45, 7) is 0.407. The van der Waals surface area contributed by atoms with Crippen molar-refractivity contribution >= 4 is 5.95 Å². The van der Waals surface area contributed by atoms with E-state index in [9.17, 15) is 10.1 Å². The Hall–Kier alpha value is -2.24. The van der Waals surface area contributed by atoms with Crippen LogP contribution in [0.15, 0.2) is 36.7 Å². The first-order valence-corrected chi connectivity index (χ1v) is 4.33. The highest BCUT2D eigenvalue weighted by atomic mass is 16.6. The van der Waals surface area contributed by atoms with Crippen LogP contribution in [-0.4, -0.2) is 19.7 Å². The number of nitro groups is 1. The third-order valence-electron chi connectivity index (χ3n) is 1.95. The zero-order valence-electron chi connectivity index (χ0n) is 7.78.